The van der Waals surface area contributed by atoms with Gasteiger partial charge in [0.05, 0.1) is 6.10 Å². The Bertz CT molecular complexity index is 614. The maximum atomic E-state index is 12.2. The maximum absolute atomic E-state index is 12.2. The molecule has 4 saturated carbocycles. The van der Waals surface area contributed by atoms with Gasteiger partial charge in [0, 0.05) is 6.42 Å². The second-order valence-corrected chi connectivity index (χ2v) is 12.4. The van der Waals surface area contributed by atoms with Crippen molar-refractivity contribution in [1.29, 1.82) is 0 Å². The molecule has 4 aliphatic rings. The first-order chi connectivity index (χ1) is 14.3. The zero-order valence-electron chi connectivity index (χ0n) is 20.6. The minimum absolute atomic E-state index is 0.0168. The number of rotatable bonds is 6. The minimum Gasteiger partial charge on any atom is -0.463 e. The van der Waals surface area contributed by atoms with Crippen LogP contribution in [0.3, 0.4) is 0 Å². The Morgan fingerprint density at radius 3 is 2.47 bits per heavy atom. The number of hydrogen-bond donors (Lipinski definition) is 0. The van der Waals surface area contributed by atoms with Gasteiger partial charge in [-0.25, -0.2) is 0 Å². The van der Waals surface area contributed by atoms with E-state index >= 15 is 0 Å². The summed E-state index contributed by atoms with van der Waals surface area (Å²) in [5.74, 6) is 5.40. The Hall–Kier alpha value is -0.530. The zero-order chi connectivity index (χ0) is 21.5. The Morgan fingerprint density at radius 2 is 1.70 bits per heavy atom. The number of ether oxygens (including phenoxy) is 1. The highest BCUT2D eigenvalue weighted by atomic mass is 16.5. The van der Waals surface area contributed by atoms with Gasteiger partial charge in [0.25, 0.3) is 0 Å². The van der Waals surface area contributed by atoms with Crippen molar-refractivity contribution in [3.05, 3.63) is 0 Å². The molecule has 0 aromatic heterocycles. The molecule has 2 nitrogen and oxygen atoms in total. The number of esters is 1. The highest BCUT2D eigenvalue weighted by Gasteiger charge is 2.60. The highest BCUT2D eigenvalue weighted by Crippen LogP contribution is 2.68. The van der Waals surface area contributed by atoms with E-state index in [1.807, 2.05) is 6.92 Å². The summed E-state index contributed by atoms with van der Waals surface area (Å²) >= 11 is 0. The van der Waals surface area contributed by atoms with E-state index in [9.17, 15) is 4.79 Å². The van der Waals surface area contributed by atoms with Crippen molar-refractivity contribution >= 4 is 5.97 Å². The fourth-order valence-corrected chi connectivity index (χ4v) is 9.18. The summed E-state index contributed by atoms with van der Waals surface area (Å²) in [6, 6.07) is 0. The Kier molecular flexibility index (Phi) is 6.63. The molecule has 4 rings (SSSR count). The first-order valence-corrected chi connectivity index (χ1v) is 13.5. The molecule has 0 saturated heterocycles. The van der Waals surface area contributed by atoms with E-state index in [1.165, 1.54) is 64.2 Å². The van der Waals surface area contributed by atoms with Crippen molar-refractivity contribution in [2.24, 2.45) is 46.3 Å². The van der Waals surface area contributed by atoms with Crippen LogP contribution in [0.2, 0.25) is 0 Å². The molecule has 30 heavy (non-hydrogen) atoms. The van der Waals surface area contributed by atoms with Crippen LogP contribution in [0.4, 0.5) is 0 Å². The molecule has 172 valence electrons. The van der Waals surface area contributed by atoms with Crippen molar-refractivity contribution in [2.45, 2.75) is 124 Å². The first kappa shape index (κ1) is 22.7. The molecule has 4 aliphatic carbocycles. The predicted octanol–water partition coefficient (Wildman–Crippen LogP) is 7.79. The van der Waals surface area contributed by atoms with E-state index in [4.69, 9.17) is 4.74 Å². The third-order valence-electron chi connectivity index (χ3n) is 11.1. The minimum atomic E-state index is 0.0168. The fourth-order valence-electron chi connectivity index (χ4n) is 9.18. The molecule has 0 bridgehead atoms. The summed E-state index contributed by atoms with van der Waals surface area (Å²) in [4.78, 5) is 12.2. The summed E-state index contributed by atoms with van der Waals surface area (Å²) in [5.41, 5.74) is 1.16. The van der Waals surface area contributed by atoms with Crippen LogP contribution >= 0.6 is 0 Å². The van der Waals surface area contributed by atoms with Crippen LogP contribution in [0.25, 0.3) is 0 Å². The lowest BCUT2D eigenvalue weighted by molar-refractivity contribution is -0.149. The molecular weight excluding hydrogens is 368 g/mol. The van der Waals surface area contributed by atoms with E-state index in [-0.39, 0.29) is 12.1 Å². The largest absolute Gasteiger partial charge is 0.463 e. The molecular formula is C28H48O2. The van der Waals surface area contributed by atoms with Crippen molar-refractivity contribution in [3.8, 4) is 0 Å². The van der Waals surface area contributed by atoms with E-state index in [1.54, 1.807) is 0 Å². The van der Waals surface area contributed by atoms with Gasteiger partial charge in [-0.1, -0.05) is 40.5 Å². The summed E-state index contributed by atoms with van der Waals surface area (Å²) < 4.78 is 5.54. The second-order valence-electron chi connectivity index (χ2n) is 12.4. The van der Waals surface area contributed by atoms with Crippen LogP contribution in [0.1, 0.15) is 118 Å². The summed E-state index contributed by atoms with van der Waals surface area (Å²) in [6.07, 6.45) is 17.3. The van der Waals surface area contributed by atoms with Crippen LogP contribution in [0, 0.1) is 46.3 Å². The predicted molar refractivity (Wildman–Crippen MR) is 124 cm³/mol. The molecule has 9 atom stereocenters. The smallest absolute Gasteiger partial charge is 0.306 e. The summed E-state index contributed by atoms with van der Waals surface area (Å²) in [7, 11) is 0. The first-order valence-electron chi connectivity index (χ1n) is 13.5. The molecule has 0 N–H and O–H groups in total. The van der Waals surface area contributed by atoms with E-state index < -0.39 is 0 Å². The van der Waals surface area contributed by atoms with Crippen molar-refractivity contribution in [1.82, 2.24) is 0 Å². The van der Waals surface area contributed by atoms with Crippen LogP contribution in [-0.4, -0.2) is 12.1 Å². The molecule has 2 heteroatoms. The zero-order valence-corrected chi connectivity index (χ0v) is 20.6. The standard InChI is InChI=1S/C28H48O2/c1-6-20(3)30-26(29)15-10-19(2)23-13-14-24-22-12-11-21-9-7-8-17-27(21,4)25(22)16-18-28(23,24)5/h19-25H,6-18H2,1-5H3/t19-,20?,21+,22+,23-,24+,25+,27+,28-/m1/s1. The third-order valence-corrected chi connectivity index (χ3v) is 11.1. The van der Waals surface area contributed by atoms with Gasteiger partial charge in [-0.2, -0.15) is 0 Å². The Labute approximate surface area is 186 Å². The summed E-state index contributed by atoms with van der Waals surface area (Å²) in [5, 5.41) is 0. The lowest BCUT2D eigenvalue weighted by Gasteiger charge is -2.61. The number of carbonyl (C=O) groups is 1. The molecule has 4 fully saturated rings. The monoisotopic (exact) mass is 416 g/mol. The van der Waals surface area contributed by atoms with E-state index in [0.717, 1.165) is 42.4 Å². The normalized spacial score (nSPS) is 45.0. The third kappa shape index (κ3) is 3.88. The van der Waals surface area contributed by atoms with Crippen molar-refractivity contribution < 1.29 is 9.53 Å². The van der Waals surface area contributed by atoms with Crippen molar-refractivity contribution in [3.63, 3.8) is 0 Å². The quantitative estimate of drug-likeness (QED) is 0.413. The average molecular weight is 417 g/mol. The number of hydrogen-bond acceptors (Lipinski definition) is 2. The maximum Gasteiger partial charge on any atom is 0.306 e. The second kappa shape index (κ2) is 8.78. The van der Waals surface area contributed by atoms with Gasteiger partial charge in [0.15, 0.2) is 0 Å². The van der Waals surface area contributed by atoms with Crippen LogP contribution in [0.5, 0.6) is 0 Å². The SMILES string of the molecule is CCC(C)OC(=O)CC[C@@H](C)[C@H]1CC[C@H]2[C@@H]3CC[C@@H]4CCCC[C@]4(C)[C@H]3CC[C@]12C. The van der Waals surface area contributed by atoms with Gasteiger partial charge < -0.3 is 4.74 Å². The number of fused-ring (bicyclic) bond motifs is 5. The fraction of sp³-hybridized carbons (Fsp3) is 0.964. The molecule has 0 heterocycles. The highest BCUT2D eigenvalue weighted by molar-refractivity contribution is 5.69. The molecule has 1 unspecified atom stereocenters. The van der Waals surface area contributed by atoms with Gasteiger partial charge in [0.2, 0.25) is 0 Å². The number of carbonyl (C=O) groups excluding carboxylic acids is 1. The van der Waals surface area contributed by atoms with Gasteiger partial charge in [-0.05, 0) is 117 Å². The summed E-state index contributed by atoms with van der Waals surface area (Å²) in [6.45, 7) is 11.9. The van der Waals surface area contributed by atoms with Crippen LogP contribution < -0.4 is 0 Å². The molecule has 0 aromatic carbocycles. The molecule has 0 amide bonds. The van der Waals surface area contributed by atoms with Crippen molar-refractivity contribution in [2.75, 3.05) is 0 Å². The van der Waals surface area contributed by atoms with E-state index in [0.29, 0.717) is 23.2 Å². The molecule has 0 aliphatic heterocycles. The Morgan fingerprint density at radius 1 is 0.933 bits per heavy atom. The lowest BCUT2D eigenvalue weighted by atomic mass is 9.44. The topological polar surface area (TPSA) is 26.3 Å². The molecule has 0 radical (unpaired) electrons. The Balaban J connectivity index is 1.40. The van der Waals surface area contributed by atoms with Gasteiger partial charge in [0.1, 0.15) is 0 Å². The lowest BCUT2D eigenvalue weighted by Crippen LogP contribution is -2.53. The average Bonchev–Trinajstić information content (AvgIpc) is 3.08. The van der Waals surface area contributed by atoms with Gasteiger partial charge in [-0.15, -0.1) is 0 Å². The molecule has 0 aromatic rings. The van der Waals surface area contributed by atoms with Gasteiger partial charge >= 0.3 is 5.97 Å². The van der Waals surface area contributed by atoms with Crippen LogP contribution in [0.15, 0.2) is 0 Å². The van der Waals surface area contributed by atoms with E-state index in [2.05, 4.69) is 27.7 Å². The van der Waals surface area contributed by atoms with Gasteiger partial charge in [-0.3, -0.25) is 4.79 Å². The van der Waals surface area contributed by atoms with Crippen LogP contribution in [-0.2, 0) is 9.53 Å². The molecule has 0 spiro atoms.